The number of nitrogens with two attached hydrogens (primary N) is 1. The number of hydrogen-bond acceptors (Lipinski definition) is 6. The molecule has 5 N–H and O–H groups in total. The zero-order chi connectivity index (χ0) is 29.4. The number of benzene rings is 2. The molecule has 0 radical (unpaired) electrons. The summed E-state index contributed by atoms with van der Waals surface area (Å²) in [6.45, 7) is 0.963. The Labute approximate surface area is 232 Å². The van der Waals surface area contributed by atoms with Crippen LogP contribution in [0.5, 0.6) is 0 Å². The zero-order valence-corrected chi connectivity index (χ0v) is 21.5. The molecule has 0 saturated carbocycles. The van der Waals surface area contributed by atoms with Crippen molar-refractivity contribution in [3.8, 4) is 22.4 Å². The summed E-state index contributed by atoms with van der Waals surface area (Å²) < 4.78 is 31.7. The van der Waals surface area contributed by atoms with Gasteiger partial charge in [-0.15, -0.1) is 0 Å². The number of nitrogens with zero attached hydrogens (tertiary/aromatic N) is 3. The van der Waals surface area contributed by atoms with Gasteiger partial charge < -0.3 is 21.1 Å². The predicted octanol–water partition coefficient (Wildman–Crippen LogP) is 4.75. The minimum absolute atomic E-state index is 0.231. The first-order chi connectivity index (χ1) is 19.7. The van der Waals surface area contributed by atoms with Crippen molar-refractivity contribution in [1.82, 2.24) is 25.3 Å². The lowest BCUT2D eigenvalue weighted by atomic mass is 9.96. The minimum Gasteiger partial charge on any atom is -0.475 e. The number of fused-ring (bicyclic) bond motifs is 1. The number of aromatic nitrogens is 4. The maximum atomic E-state index is 13.0. The molecule has 0 unspecified atom stereocenters. The van der Waals surface area contributed by atoms with Crippen LogP contribution in [-0.2, 0) is 17.8 Å². The van der Waals surface area contributed by atoms with Gasteiger partial charge in [0.25, 0.3) is 5.91 Å². The Morgan fingerprint density at radius 1 is 1.00 bits per heavy atom. The van der Waals surface area contributed by atoms with Crippen molar-refractivity contribution in [3.63, 3.8) is 0 Å². The molecule has 0 aliphatic rings. The number of alkyl halides is 3. The zero-order valence-electron chi connectivity index (χ0n) is 21.5. The third-order valence-corrected chi connectivity index (χ3v) is 5.98. The molecule has 12 heteroatoms. The second kappa shape index (κ2) is 12.8. The van der Waals surface area contributed by atoms with Crippen LogP contribution in [-0.4, -0.2) is 49.6 Å². The van der Waals surface area contributed by atoms with E-state index >= 15 is 0 Å². The summed E-state index contributed by atoms with van der Waals surface area (Å²) >= 11 is 0. The molecule has 41 heavy (non-hydrogen) atoms. The third kappa shape index (κ3) is 7.31. The van der Waals surface area contributed by atoms with Gasteiger partial charge in [-0.3, -0.25) is 9.78 Å². The quantitative estimate of drug-likeness (QED) is 0.224. The lowest BCUT2D eigenvalue weighted by Gasteiger charge is -2.14. The van der Waals surface area contributed by atoms with Gasteiger partial charge in [0.15, 0.2) is 0 Å². The largest absolute Gasteiger partial charge is 0.490 e. The number of carbonyl (C=O) groups is 2. The Kier molecular flexibility index (Phi) is 9.05. The van der Waals surface area contributed by atoms with Gasteiger partial charge in [-0.2, -0.15) is 13.2 Å². The Balaban J connectivity index is 0.000000493. The van der Waals surface area contributed by atoms with Crippen molar-refractivity contribution < 1.29 is 27.9 Å². The van der Waals surface area contributed by atoms with Crippen molar-refractivity contribution >= 4 is 22.8 Å². The highest BCUT2D eigenvalue weighted by Crippen LogP contribution is 2.34. The van der Waals surface area contributed by atoms with Crippen LogP contribution in [0, 0.1) is 0 Å². The van der Waals surface area contributed by atoms with Crippen LogP contribution in [0.4, 0.5) is 13.2 Å². The lowest BCUT2D eigenvalue weighted by molar-refractivity contribution is -0.192. The van der Waals surface area contributed by atoms with Gasteiger partial charge >= 0.3 is 12.1 Å². The molecule has 1 amide bonds. The van der Waals surface area contributed by atoms with E-state index in [1.165, 1.54) is 0 Å². The van der Waals surface area contributed by atoms with Crippen molar-refractivity contribution in [2.45, 2.75) is 19.1 Å². The number of H-pyrrole nitrogens is 1. The summed E-state index contributed by atoms with van der Waals surface area (Å²) in [5.74, 6) is -2.99. The summed E-state index contributed by atoms with van der Waals surface area (Å²) in [6, 6.07) is 22.0. The normalized spacial score (nSPS) is 11.0. The number of amides is 1. The maximum Gasteiger partial charge on any atom is 0.490 e. The van der Waals surface area contributed by atoms with Crippen LogP contribution in [0.1, 0.15) is 21.7 Å². The van der Waals surface area contributed by atoms with E-state index in [2.05, 4.69) is 20.3 Å². The molecule has 0 saturated heterocycles. The molecule has 2 aromatic carbocycles. The smallest absolute Gasteiger partial charge is 0.475 e. The van der Waals surface area contributed by atoms with Gasteiger partial charge in [-0.05, 0) is 23.3 Å². The Hall–Kier alpha value is -5.10. The van der Waals surface area contributed by atoms with Gasteiger partial charge in [0.2, 0.25) is 0 Å². The van der Waals surface area contributed by atoms with E-state index in [1.807, 2.05) is 66.7 Å². The first kappa shape index (κ1) is 28.9. The molecule has 0 atom stereocenters. The number of halogens is 3. The van der Waals surface area contributed by atoms with E-state index in [0.717, 1.165) is 33.6 Å². The van der Waals surface area contributed by atoms with Crippen LogP contribution >= 0.6 is 0 Å². The van der Waals surface area contributed by atoms with Crippen molar-refractivity contribution in [3.05, 3.63) is 102 Å². The van der Waals surface area contributed by atoms with Crippen molar-refractivity contribution in [2.24, 2.45) is 5.73 Å². The van der Waals surface area contributed by atoms with Crippen molar-refractivity contribution in [2.75, 3.05) is 6.54 Å². The van der Waals surface area contributed by atoms with Crippen LogP contribution in [0.15, 0.2) is 85.5 Å². The molecule has 0 fully saturated rings. The first-order valence-corrected chi connectivity index (χ1v) is 12.4. The summed E-state index contributed by atoms with van der Waals surface area (Å²) in [4.78, 5) is 38.3. The molecule has 0 aliphatic carbocycles. The lowest BCUT2D eigenvalue weighted by Crippen LogP contribution is -2.26. The number of carbonyl (C=O) groups excluding carboxylic acids is 1. The Morgan fingerprint density at radius 2 is 1.71 bits per heavy atom. The maximum absolute atomic E-state index is 13.0. The van der Waals surface area contributed by atoms with Crippen LogP contribution in [0.3, 0.4) is 0 Å². The van der Waals surface area contributed by atoms with E-state index in [4.69, 9.17) is 20.6 Å². The fourth-order valence-electron chi connectivity index (χ4n) is 3.95. The SMILES string of the molecule is NCc1ccc(-c2nc3ccnc(C(=O)NCCc4cnc[nH]4)c3cc2-c2ccccc2)cc1.O=C(O)C(F)(F)F. The monoisotopic (exact) mass is 562 g/mol. The molecule has 3 aromatic heterocycles. The fourth-order valence-corrected chi connectivity index (χ4v) is 3.95. The number of aliphatic carboxylic acids is 1. The predicted molar refractivity (Wildman–Crippen MR) is 147 cm³/mol. The molecule has 5 rings (SSSR count). The van der Waals surface area contributed by atoms with Gasteiger partial charge in [-0.25, -0.2) is 14.8 Å². The van der Waals surface area contributed by atoms with Gasteiger partial charge in [0.05, 0.1) is 17.5 Å². The Morgan fingerprint density at radius 3 is 2.32 bits per heavy atom. The number of nitrogens with one attached hydrogen (secondary N) is 2. The second-order valence-electron chi connectivity index (χ2n) is 8.76. The average molecular weight is 563 g/mol. The number of carboxylic acids is 1. The number of imidazole rings is 1. The number of aromatic amines is 1. The van der Waals surface area contributed by atoms with Crippen LogP contribution in [0.2, 0.25) is 0 Å². The van der Waals surface area contributed by atoms with Gasteiger partial charge in [0.1, 0.15) is 5.69 Å². The van der Waals surface area contributed by atoms with Gasteiger partial charge in [-0.1, -0.05) is 54.6 Å². The molecule has 0 spiro atoms. The standard InChI is InChI=1S/C27H24N6O.C2HF3O2/c28-15-18-6-8-20(9-7-18)25-22(19-4-2-1-3-5-19)14-23-24(33-25)11-13-30-26(23)27(34)31-12-10-21-16-29-17-32-21;3-2(4,5)1(6)7/h1-9,11,13-14,16-17H,10,12,15,28H2,(H,29,32)(H,31,34);(H,6,7). The van der Waals surface area contributed by atoms with Crippen molar-refractivity contribution in [1.29, 1.82) is 0 Å². The molecular formula is C29H25F3N6O3. The molecule has 210 valence electrons. The summed E-state index contributed by atoms with van der Waals surface area (Å²) in [5, 5.41) is 10.8. The van der Waals surface area contributed by atoms with E-state index in [1.54, 1.807) is 18.7 Å². The number of carboxylic acid groups (broad SMARTS) is 1. The van der Waals surface area contributed by atoms with Crippen LogP contribution in [0.25, 0.3) is 33.3 Å². The summed E-state index contributed by atoms with van der Waals surface area (Å²) in [7, 11) is 0. The highest BCUT2D eigenvalue weighted by molar-refractivity contribution is 6.06. The van der Waals surface area contributed by atoms with E-state index in [9.17, 15) is 18.0 Å². The molecule has 3 heterocycles. The Bertz CT molecular complexity index is 1620. The summed E-state index contributed by atoms with van der Waals surface area (Å²) in [5.41, 5.74) is 12.7. The van der Waals surface area contributed by atoms with Gasteiger partial charge in [0, 0.05) is 54.1 Å². The van der Waals surface area contributed by atoms with Crippen LogP contribution < -0.4 is 11.1 Å². The number of pyridine rings is 2. The average Bonchev–Trinajstić information content (AvgIpc) is 3.50. The first-order valence-electron chi connectivity index (χ1n) is 12.4. The molecule has 0 aliphatic heterocycles. The molecule has 0 bridgehead atoms. The third-order valence-electron chi connectivity index (χ3n) is 5.98. The van der Waals surface area contributed by atoms with E-state index in [0.29, 0.717) is 36.1 Å². The van der Waals surface area contributed by atoms with E-state index in [-0.39, 0.29) is 5.91 Å². The molecule has 9 nitrogen and oxygen atoms in total. The van der Waals surface area contributed by atoms with E-state index < -0.39 is 12.1 Å². The molecular weight excluding hydrogens is 537 g/mol. The number of rotatable bonds is 7. The molecule has 5 aromatic rings. The number of hydrogen-bond donors (Lipinski definition) is 4. The highest BCUT2D eigenvalue weighted by atomic mass is 19.4. The second-order valence-corrected chi connectivity index (χ2v) is 8.76. The summed E-state index contributed by atoms with van der Waals surface area (Å²) in [6.07, 6.45) is 0.580. The highest BCUT2D eigenvalue weighted by Gasteiger charge is 2.38. The topological polar surface area (TPSA) is 147 Å². The minimum atomic E-state index is -5.08. The fraction of sp³-hybridized carbons (Fsp3) is 0.138.